The highest BCUT2D eigenvalue weighted by molar-refractivity contribution is 7.18. The third-order valence-electron chi connectivity index (χ3n) is 5.96. The molecule has 4 aromatic rings. The Morgan fingerprint density at radius 1 is 1.18 bits per heavy atom. The minimum absolute atomic E-state index is 0.0276. The van der Waals surface area contributed by atoms with Gasteiger partial charge in [0.25, 0.3) is 5.56 Å². The largest absolute Gasteiger partial charge is 0.497 e. The van der Waals surface area contributed by atoms with Gasteiger partial charge in [-0.05, 0) is 48.6 Å². The van der Waals surface area contributed by atoms with Crippen LogP contribution in [0.5, 0.6) is 5.75 Å². The molecule has 4 heterocycles. The summed E-state index contributed by atoms with van der Waals surface area (Å²) >= 11 is 3.04. The van der Waals surface area contributed by atoms with Gasteiger partial charge < -0.3 is 15.0 Å². The number of nitrogens with zero attached hydrogens (tertiary/aromatic N) is 3. The number of nitrogens with one attached hydrogen (secondary N) is 1. The topological polar surface area (TPSA) is 76.5 Å². The fourth-order valence-electron chi connectivity index (χ4n) is 4.20. The van der Waals surface area contributed by atoms with Gasteiger partial charge in [0.1, 0.15) is 17.1 Å². The lowest BCUT2D eigenvalue weighted by atomic mass is 10.0. The third-order valence-corrected chi connectivity index (χ3v) is 7.75. The van der Waals surface area contributed by atoms with Gasteiger partial charge in [0.05, 0.1) is 18.8 Å². The summed E-state index contributed by atoms with van der Waals surface area (Å²) in [5.41, 5.74) is 1.88. The second-order valence-corrected chi connectivity index (χ2v) is 9.82. The minimum Gasteiger partial charge on any atom is -0.497 e. The Hall–Kier alpha value is -3.17. The van der Waals surface area contributed by atoms with Crippen molar-refractivity contribution in [2.24, 2.45) is 0 Å². The average molecular weight is 481 g/mol. The van der Waals surface area contributed by atoms with Crippen molar-refractivity contribution >= 4 is 44.5 Å². The van der Waals surface area contributed by atoms with Gasteiger partial charge in [-0.1, -0.05) is 6.07 Å². The van der Waals surface area contributed by atoms with Crippen molar-refractivity contribution in [1.29, 1.82) is 0 Å². The summed E-state index contributed by atoms with van der Waals surface area (Å²) in [7, 11) is 1.66. The lowest BCUT2D eigenvalue weighted by Crippen LogP contribution is -2.46. The molecule has 170 valence electrons. The van der Waals surface area contributed by atoms with Crippen molar-refractivity contribution in [1.82, 2.24) is 14.9 Å². The lowest BCUT2D eigenvalue weighted by Gasteiger charge is -2.34. The molecule has 1 amide bonds. The Morgan fingerprint density at radius 3 is 2.67 bits per heavy atom. The van der Waals surface area contributed by atoms with Crippen LogP contribution in [0.2, 0.25) is 0 Å². The molecule has 0 unspecified atom stereocenters. The van der Waals surface area contributed by atoms with E-state index in [9.17, 15) is 9.59 Å². The van der Waals surface area contributed by atoms with Crippen LogP contribution in [-0.2, 0) is 11.3 Å². The highest BCUT2D eigenvalue weighted by Gasteiger charge is 2.22. The molecule has 3 aromatic heterocycles. The average Bonchev–Trinajstić information content (AvgIpc) is 3.52. The molecular formula is C24H24N4O3S2. The molecule has 5 rings (SSSR count). The molecule has 0 saturated carbocycles. The van der Waals surface area contributed by atoms with E-state index in [0.29, 0.717) is 10.2 Å². The summed E-state index contributed by atoms with van der Waals surface area (Å²) in [5.74, 6) is 0.683. The number of hydrogen-bond acceptors (Lipinski definition) is 7. The molecule has 1 aliphatic rings. The zero-order valence-electron chi connectivity index (χ0n) is 18.2. The van der Waals surface area contributed by atoms with Crippen molar-refractivity contribution in [3.63, 3.8) is 0 Å². The van der Waals surface area contributed by atoms with Crippen LogP contribution in [0, 0.1) is 0 Å². The number of amides is 1. The molecule has 1 fully saturated rings. The van der Waals surface area contributed by atoms with Gasteiger partial charge in [0, 0.05) is 40.6 Å². The van der Waals surface area contributed by atoms with E-state index < -0.39 is 0 Å². The van der Waals surface area contributed by atoms with E-state index in [1.807, 2.05) is 35.0 Å². The molecule has 33 heavy (non-hydrogen) atoms. The van der Waals surface area contributed by atoms with Crippen molar-refractivity contribution in [3.8, 4) is 16.2 Å². The predicted molar refractivity (Wildman–Crippen MR) is 134 cm³/mol. The third kappa shape index (κ3) is 4.51. The molecule has 9 heteroatoms. The number of hydrogen-bond donors (Lipinski definition) is 1. The highest BCUT2D eigenvalue weighted by Crippen LogP contribution is 2.33. The van der Waals surface area contributed by atoms with Gasteiger partial charge in [-0.3, -0.25) is 14.2 Å². The quantitative estimate of drug-likeness (QED) is 0.452. The monoisotopic (exact) mass is 480 g/mol. The number of fused-ring (bicyclic) bond motifs is 1. The van der Waals surface area contributed by atoms with Crippen LogP contribution in [0.25, 0.3) is 20.7 Å². The van der Waals surface area contributed by atoms with Gasteiger partial charge in [-0.15, -0.1) is 22.7 Å². The number of benzene rings is 1. The maximum absolute atomic E-state index is 13.1. The highest BCUT2D eigenvalue weighted by atomic mass is 32.1. The van der Waals surface area contributed by atoms with Crippen LogP contribution >= 0.6 is 22.7 Å². The van der Waals surface area contributed by atoms with E-state index in [-0.39, 0.29) is 24.1 Å². The van der Waals surface area contributed by atoms with Gasteiger partial charge >= 0.3 is 0 Å². The summed E-state index contributed by atoms with van der Waals surface area (Å²) in [6.07, 6.45) is 3.19. The van der Waals surface area contributed by atoms with Gasteiger partial charge in [0.2, 0.25) is 5.91 Å². The van der Waals surface area contributed by atoms with Crippen molar-refractivity contribution in [2.45, 2.75) is 25.4 Å². The molecule has 0 spiro atoms. The number of anilines is 1. The zero-order valence-corrected chi connectivity index (χ0v) is 19.8. The number of aromatic nitrogens is 2. The van der Waals surface area contributed by atoms with Crippen LogP contribution < -0.4 is 20.5 Å². The van der Waals surface area contributed by atoms with Crippen LogP contribution in [-0.4, -0.2) is 41.7 Å². The Morgan fingerprint density at radius 2 is 1.97 bits per heavy atom. The molecule has 7 nitrogen and oxygen atoms in total. The maximum atomic E-state index is 13.1. The first-order valence-corrected chi connectivity index (χ1v) is 12.6. The van der Waals surface area contributed by atoms with Gasteiger partial charge in [-0.25, -0.2) is 4.98 Å². The first-order chi connectivity index (χ1) is 16.1. The zero-order chi connectivity index (χ0) is 22.8. The fourth-order valence-corrected chi connectivity index (χ4v) is 5.92. The minimum atomic E-state index is -0.172. The SMILES string of the molecule is COc1ccc(N2CCC(NC(=O)Cn3cnc4scc(-c5cccs5)c4c3=O)CC2)cc1. The van der Waals surface area contributed by atoms with Crippen LogP contribution in [0.1, 0.15) is 12.8 Å². The van der Waals surface area contributed by atoms with Crippen molar-refractivity contribution in [3.05, 3.63) is 63.8 Å². The molecule has 0 bridgehead atoms. The van der Waals surface area contributed by atoms with Crippen LogP contribution in [0.4, 0.5) is 5.69 Å². The van der Waals surface area contributed by atoms with E-state index >= 15 is 0 Å². The molecule has 1 aromatic carbocycles. The second-order valence-electron chi connectivity index (χ2n) is 8.01. The standard InChI is InChI=1S/C24H24N4O3S2/c1-31-18-6-4-17(5-7-18)27-10-8-16(9-11-27)26-21(29)13-28-15-25-23-22(24(28)30)19(14-33-23)20-3-2-12-32-20/h2-7,12,14-16H,8-11,13H2,1H3,(H,26,29). The van der Waals surface area contributed by atoms with E-state index in [2.05, 4.69) is 27.3 Å². The van der Waals surface area contributed by atoms with E-state index in [1.54, 1.807) is 18.4 Å². The van der Waals surface area contributed by atoms with Crippen molar-refractivity contribution < 1.29 is 9.53 Å². The van der Waals surface area contributed by atoms with E-state index in [4.69, 9.17) is 4.74 Å². The number of rotatable bonds is 6. The normalized spacial score (nSPS) is 14.5. The van der Waals surface area contributed by atoms with Crippen molar-refractivity contribution in [2.75, 3.05) is 25.1 Å². The summed E-state index contributed by atoms with van der Waals surface area (Å²) < 4.78 is 6.64. The van der Waals surface area contributed by atoms with Crippen LogP contribution in [0.15, 0.2) is 58.3 Å². The number of carbonyl (C=O) groups is 1. The molecule has 0 atom stereocenters. The first-order valence-electron chi connectivity index (χ1n) is 10.8. The summed E-state index contributed by atoms with van der Waals surface area (Å²) in [6.45, 7) is 1.70. The smallest absolute Gasteiger partial charge is 0.263 e. The molecule has 1 N–H and O–H groups in total. The number of carbonyl (C=O) groups excluding carboxylic acids is 1. The summed E-state index contributed by atoms with van der Waals surface area (Å²) in [5, 5.41) is 7.64. The number of piperidine rings is 1. The first kappa shape index (κ1) is 21.7. The molecule has 0 radical (unpaired) electrons. The number of methoxy groups -OCH3 is 1. The Balaban J connectivity index is 1.22. The van der Waals surface area contributed by atoms with Gasteiger partial charge in [0.15, 0.2) is 0 Å². The lowest BCUT2D eigenvalue weighted by molar-refractivity contribution is -0.122. The maximum Gasteiger partial charge on any atom is 0.263 e. The number of thiophene rings is 2. The predicted octanol–water partition coefficient (Wildman–Crippen LogP) is 3.98. The number of ether oxygens (including phenoxy) is 1. The molecule has 1 aliphatic heterocycles. The second kappa shape index (κ2) is 9.36. The summed E-state index contributed by atoms with van der Waals surface area (Å²) in [4.78, 5) is 34.3. The summed E-state index contributed by atoms with van der Waals surface area (Å²) in [6, 6.07) is 12.1. The van der Waals surface area contributed by atoms with Crippen LogP contribution in [0.3, 0.4) is 0 Å². The molecule has 0 aliphatic carbocycles. The fraction of sp³-hybridized carbons (Fsp3) is 0.292. The van der Waals surface area contributed by atoms with E-state index in [0.717, 1.165) is 47.8 Å². The molecule has 1 saturated heterocycles. The van der Waals surface area contributed by atoms with E-state index in [1.165, 1.54) is 22.2 Å². The Kier molecular flexibility index (Phi) is 6.15. The molecular weight excluding hydrogens is 456 g/mol. The Bertz CT molecular complexity index is 1300. The Labute approximate surface area is 199 Å². The van der Waals surface area contributed by atoms with Gasteiger partial charge in [-0.2, -0.15) is 0 Å².